The molecule has 0 bridgehead atoms. The Kier molecular flexibility index (Phi) is 7.06. The van der Waals surface area contributed by atoms with Gasteiger partial charge in [-0.1, -0.05) is 13.8 Å². The van der Waals surface area contributed by atoms with Crippen LogP contribution in [0.1, 0.15) is 38.2 Å². The van der Waals surface area contributed by atoms with E-state index in [-0.39, 0.29) is 29.3 Å². The van der Waals surface area contributed by atoms with Gasteiger partial charge in [0.1, 0.15) is 11.5 Å². The fraction of sp³-hybridized carbons (Fsp3) is 0.389. The summed E-state index contributed by atoms with van der Waals surface area (Å²) < 4.78 is 11.3. The fourth-order valence-electron chi connectivity index (χ4n) is 2.42. The van der Waals surface area contributed by atoms with Crippen LogP contribution in [0.15, 0.2) is 18.3 Å². The largest absolute Gasteiger partial charge is 0.495 e. The molecule has 8 nitrogen and oxygen atoms in total. The van der Waals surface area contributed by atoms with Crippen LogP contribution in [0.4, 0.5) is 17.5 Å². The van der Waals surface area contributed by atoms with E-state index in [0.29, 0.717) is 35.9 Å². The molecule has 0 spiro atoms. The van der Waals surface area contributed by atoms with Crippen LogP contribution < -0.4 is 26.3 Å². The van der Waals surface area contributed by atoms with Crippen LogP contribution in [0, 0.1) is 0 Å². The van der Waals surface area contributed by atoms with Crippen molar-refractivity contribution in [3.8, 4) is 17.2 Å². The summed E-state index contributed by atoms with van der Waals surface area (Å²) in [5, 5.41) is 2.83. The summed E-state index contributed by atoms with van der Waals surface area (Å²) in [4.78, 5) is 19.9. The number of alkyl halides is 1. The fourth-order valence-corrected chi connectivity index (χ4v) is 2.55. The first-order valence-electron chi connectivity index (χ1n) is 8.49. The third-order valence-electron chi connectivity index (χ3n) is 3.79. The zero-order chi connectivity index (χ0) is 20.0. The Morgan fingerprint density at radius 3 is 2.59 bits per heavy atom. The van der Waals surface area contributed by atoms with E-state index in [0.717, 1.165) is 5.56 Å². The SMILES string of the molecule is COc1cc(C(C)C)c(Oc2cnc(N)nc2N)cc1NC(=O)CCCCl. The number of rotatable bonds is 8. The van der Waals surface area contributed by atoms with Crippen molar-refractivity contribution in [2.24, 2.45) is 0 Å². The number of benzene rings is 1. The monoisotopic (exact) mass is 393 g/mol. The van der Waals surface area contributed by atoms with Gasteiger partial charge in [0.15, 0.2) is 11.6 Å². The van der Waals surface area contributed by atoms with Crippen molar-refractivity contribution in [2.75, 3.05) is 29.8 Å². The summed E-state index contributed by atoms with van der Waals surface area (Å²) in [6, 6.07) is 3.52. The highest BCUT2D eigenvalue weighted by atomic mass is 35.5. The summed E-state index contributed by atoms with van der Waals surface area (Å²) in [6.07, 6.45) is 2.31. The number of hydrogen-bond acceptors (Lipinski definition) is 7. The topological polar surface area (TPSA) is 125 Å². The van der Waals surface area contributed by atoms with Gasteiger partial charge in [-0.2, -0.15) is 4.98 Å². The Bertz CT molecular complexity index is 814. The number of nitrogens with two attached hydrogens (primary N) is 2. The molecular weight excluding hydrogens is 370 g/mol. The Hall–Kier alpha value is -2.74. The maximum Gasteiger partial charge on any atom is 0.224 e. The molecule has 1 amide bonds. The van der Waals surface area contributed by atoms with E-state index in [9.17, 15) is 4.79 Å². The molecule has 0 aliphatic rings. The van der Waals surface area contributed by atoms with Crippen LogP contribution in [0.25, 0.3) is 0 Å². The lowest BCUT2D eigenvalue weighted by atomic mass is 10.0. The van der Waals surface area contributed by atoms with E-state index in [2.05, 4.69) is 15.3 Å². The van der Waals surface area contributed by atoms with Crippen molar-refractivity contribution in [2.45, 2.75) is 32.6 Å². The summed E-state index contributed by atoms with van der Waals surface area (Å²) in [7, 11) is 1.54. The maximum atomic E-state index is 12.1. The average Bonchev–Trinajstić information content (AvgIpc) is 2.62. The van der Waals surface area contributed by atoms with Gasteiger partial charge < -0.3 is 26.3 Å². The first-order chi connectivity index (χ1) is 12.8. The van der Waals surface area contributed by atoms with Gasteiger partial charge in [0.2, 0.25) is 11.9 Å². The molecule has 0 saturated heterocycles. The predicted octanol–water partition coefficient (Wildman–Crippen LogP) is 3.52. The van der Waals surface area contributed by atoms with Gasteiger partial charge >= 0.3 is 0 Å². The quantitative estimate of drug-likeness (QED) is 0.585. The first-order valence-corrected chi connectivity index (χ1v) is 9.02. The molecule has 1 aromatic carbocycles. The summed E-state index contributed by atoms with van der Waals surface area (Å²) in [5.74, 6) is 1.90. The van der Waals surface area contributed by atoms with Gasteiger partial charge in [-0.3, -0.25) is 4.79 Å². The molecule has 1 aromatic heterocycles. The van der Waals surface area contributed by atoms with E-state index in [1.807, 2.05) is 19.9 Å². The van der Waals surface area contributed by atoms with Crippen LogP contribution in [0.5, 0.6) is 17.2 Å². The average molecular weight is 394 g/mol. The molecule has 9 heteroatoms. The second kappa shape index (κ2) is 9.27. The molecule has 146 valence electrons. The summed E-state index contributed by atoms with van der Waals surface area (Å²) in [5.41, 5.74) is 12.8. The van der Waals surface area contributed by atoms with Gasteiger partial charge in [-0.15, -0.1) is 11.6 Å². The lowest BCUT2D eigenvalue weighted by Crippen LogP contribution is -2.13. The van der Waals surface area contributed by atoms with Gasteiger partial charge in [-0.05, 0) is 18.4 Å². The number of ether oxygens (including phenoxy) is 2. The number of nitrogen functional groups attached to an aromatic ring is 2. The lowest BCUT2D eigenvalue weighted by molar-refractivity contribution is -0.116. The van der Waals surface area contributed by atoms with Gasteiger partial charge in [-0.25, -0.2) is 4.98 Å². The smallest absolute Gasteiger partial charge is 0.224 e. The predicted molar refractivity (Wildman–Crippen MR) is 107 cm³/mol. The number of halogens is 1. The third-order valence-corrected chi connectivity index (χ3v) is 4.05. The molecule has 5 N–H and O–H groups in total. The van der Waals surface area contributed by atoms with Crippen molar-refractivity contribution in [1.29, 1.82) is 0 Å². The molecule has 2 aromatic rings. The molecular formula is C18H24ClN5O3. The van der Waals surface area contributed by atoms with E-state index in [1.165, 1.54) is 6.20 Å². The van der Waals surface area contributed by atoms with Crippen LogP contribution in [-0.4, -0.2) is 28.9 Å². The lowest BCUT2D eigenvalue weighted by Gasteiger charge is -2.19. The first kappa shape index (κ1) is 20.6. The number of nitrogens with one attached hydrogen (secondary N) is 1. The highest BCUT2D eigenvalue weighted by molar-refractivity contribution is 6.18. The number of carbonyl (C=O) groups is 1. The Balaban J connectivity index is 2.41. The number of aromatic nitrogens is 2. The van der Waals surface area contributed by atoms with E-state index < -0.39 is 0 Å². The standard InChI is InChI=1S/C18H24ClN5O3/c1-10(2)11-7-14(26-3)12(23-16(25)5-4-6-19)8-13(11)27-15-9-22-18(21)24-17(15)20/h7-10H,4-6H2,1-3H3,(H,23,25)(H4,20,21,22,24). The van der Waals surface area contributed by atoms with Crippen molar-refractivity contribution in [3.63, 3.8) is 0 Å². The van der Waals surface area contributed by atoms with Crippen LogP contribution in [0.2, 0.25) is 0 Å². The Morgan fingerprint density at radius 2 is 2.00 bits per heavy atom. The summed E-state index contributed by atoms with van der Waals surface area (Å²) >= 11 is 5.65. The second-order valence-corrected chi connectivity index (χ2v) is 6.54. The van der Waals surface area contributed by atoms with Crippen LogP contribution >= 0.6 is 11.6 Å². The molecule has 0 atom stereocenters. The van der Waals surface area contributed by atoms with Crippen molar-refractivity contribution >= 4 is 35.0 Å². The molecule has 0 saturated carbocycles. The molecule has 0 fully saturated rings. The molecule has 0 radical (unpaired) electrons. The van der Waals surface area contributed by atoms with E-state index in [1.54, 1.807) is 13.2 Å². The van der Waals surface area contributed by atoms with Crippen molar-refractivity contribution in [3.05, 3.63) is 23.9 Å². The minimum Gasteiger partial charge on any atom is -0.495 e. The number of anilines is 3. The molecule has 27 heavy (non-hydrogen) atoms. The zero-order valence-electron chi connectivity index (χ0n) is 15.6. The van der Waals surface area contributed by atoms with E-state index in [4.69, 9.17) is 32.5 Å². The Morgan fingerprint density at radius 1 is 1.26 bits per heavy atom. The van der Waals surface area contributed by atoms with Crippen molar-refractivity contribution in [1.82, 2.24) is 9.97 Å². The molecule has 1 heterocycles. The van der Waals surface area contributed by atoms with E-state index >= 15 is 0 Å². The normalized spacial score (nSPS) is 10.7. The van der Waals surface area contributed by atoms with Crippen molar-refractivity contribution < 1.29 is 14.3 Å². The van der Waals surface area contributed by atoms with Gasteiger partial charge in [0, 0.05) is 23.9 Å². The van der Waals surface area contributed by atoms with Gasteiger partial charge in [0.05, 0.1) is 19.0 Å². The molecule has 0 aliphatic carbocycles. The third kappa shape index (κ3) is 5.37. The van der Waals surface area contributed by atoms with Gasteiger partial charge in [0.25, 0.3) is 0 Å². The molecule has 2 rings (SSSR count). The Labute approximate surface area is 163 Å². The highest BCUT2D eigenvalue weighted by Gasteiger charge is 2.18. The highest BCUT2D eigenvalue weighted by Crippen LogP contribution is 2.39. The number of nitrogens with zero attached hydrogens (tertiary/aromatic N) is 2. The zero-order valence-corrected chi connectivity index (χ0v) is 16.3. The number of carbonyl (C=O) groups excluding carboxylic acids is 1. The molecule has 0 unspecified atom stereocenters. The second-order valence-electron chi connectivity index (χ2n) is 6.17. The maximum absolute atomic E-state index is 12.1. The minimum atomic E-state index is -0.160. The van der Waals surface area contributed by atoms with Crippen LogP contribution in [0.3, 0.4) is 0 Å². The number of hydrogen-bond donors (Lipinski definition) is 3. The summed E-state index contributed by atoms with van der Waals surface area (Å²) in [6.45, 7) is 4.03. The molecule has 0 aliphatic heterocycles. The minimum absolute atomic E-state index is 0.0610. The number of amides is 1. The number of methoxy groups -OCH3 is 1. The van der Waals surface area contributed by atoms with Crippen LogP contribution in [-0.2, 0) is 4.79 Å².